The highest BCUT2D eigenvalue weighted by Gasteiger charge is 2.70. The number of fused-ring (bicyclic) bond motifs is 5. The van der Waals surface area contributed by atoms with Gasteiger partial charge >= 0.3 is 11.9 Å². The second-order valence-corrected chi connectivity index (χ2v) is 7.80. The van der Waals surface area contributed by atoms with Crippen molar-refractivity contribution in [1.29, 1.82) is 0 Å². The Bertz CT molecular complexity index is 762. The standard InChI is InChI=1S/C20H24O6/c1-5-9(2)18(22)24-13-6-11(8-21)12-7-14-20(4,26-14)16(12)17-15(13)10(3)19(23)25-17/h5,13-17,21H,3,6-8H2,1-2,4H3/b9-5-/t13-,14-,15?,16?,17+,20-/m1/s1. The topological polar surface area (TPSA) is 85.4 Å². The lowest BCUT2D eigenvalue weighted by Gasteiger charge is -2.30. The van der Waals surface area contributed by atoms with Crippen molar-refractivity contribution in [3.63, 3.8) is 0 Å². The number of hydrogen-bond donors (Lipinski definition) is 1. The van der Waals surface area contributed by atoms with Crippen LogP contribution in [-0.4, -0.2) is 47.6 Å². The van der Waals surface area contributed by atoms with Crippen LogP contribution in [0.2, 0.25) is 0 Å². The highest BCUT2D eigenvalue weighted by molar-refractivity contribution is 5.92. The number of allylic oxidation sites excluding steroid dienone is 1. The van der Waals surface area contributed by atoms with Crippen LogP contribution in [0.3, 0.4) is 0 Å². The van der Waals surface area contributed by atoms with Gasteiger partial charge in [0.05, 0.1) is 18.6 Å². The minimum atomic E-state index is -0.595. The van der Waals surface area contributed by atoms with Crippen LogP contribution in [-0.2, 0) is 23.8 Å². The van der Waals surface area contributed by atoms with Crippen LogP contribution in [0.1, 0.15) is 33.6 Å². The molecule has 26 heavy (non-hydrogen) atoms. The predicted molar refractivity (Wildman–Crippen MR) is 91.9 cm³/mol. The van der Waals surface area contributed by atoms with Crippen LogP contribution < -0.4 is 0 Å². The fourth-order valence-corrected chi connectivity index (χ4v) is 4.80. The molecular formula is C20H24O6. The van der Waals surface area contributed by atoms with E-state index in [0.717, 1.165) is 17.6 Å². The summed E-state index contributed by atoms with van der Waals surface area (Å²) in [5.74, 6) is -1.43. The van der Waals surface area contributed by atoms with E-state index in [1.54, 1.807) is 19.9 Å². The Kier molecular flexibility index (Phi) is 3.90. The minimum absolute atomic E-state index is 0.0987. The van der Waals surface area contributed by atoms with E-state index >= 15 is 0 Å². The lowest BCUT2D eigenvalue weighted by Crippen LogP contribution is -2.40. The third kappa shape index (κ3) is 2.32. The van der Waals surface area contributed by atoms with E-state index in [4.69, 9.17) is 14.2 Å². The molecular weight excluding hydrogens is 336 g/mol. The number of ether oxygens (including phenoxy) is 3. The van der Waals surface area contributed by atoms with E-state index in [9.17, 15) is 14.7 Å². The number of aliphatic hydroxyl groups excluding tert-OH is 1. The summed E-state index contributed by atoms with van der Waals surface area (Å²) in [4.78, 5) is 24.6. The molecule has 140 valence electrons. The Labute approximate surface area is 152 Å². The Morgan fingerprint density at radius 2 is 2.19 bits per heavy atom. The molecule has 0 bridgehead atoms. The largest absolute Gasteiger partial charge is 0.458 e. The molecule has 1 N–H and O–H groups in total. The smallest absolute Gasteiger partial charge is 0.334 e. The van der Waals surface area contributed by atoms with Crippen molar-refractivity contribution in [1.82, 2.24) is 0 Å². The highest BCUT2D eigenvalue weighted by Crippen LogP contribution is 2.62. The molecule has 2 unspecified atom stereocenters. The van der Waals surface area contributed by atoms with E-state index < -0.39 is 30.1 Å². The van der Waals surface area contributed by atoms with E-state index in [-0.39, 0.29) is 24.2 Å². The van der Waals surface area contributed by atoms with Crippen LogP contribution in [0.5, 0.6) is 0 Å². The van der Waals surface area contributed by atoms with Gasteiger partial charge in [-0.2, -0.15) is 0 Å². The van der Waals surface area contributed by atoms with Gasteiger partial charge in [-0.05, 0) is 32.8 Å². The van der Waals surface area contributed by atoms with Crippen molar-refractivity contribution in [3.05, 3.63) is 34.9 Å². The van der Waals surface area contributed by atoms with Crippen LogP contribution >= 0.6 is 0 Å². The third-order valence-electron chi connectivity index (χ3n) is 6.47. The monoisotopic (exact) mass is 360 g/mol. The maximum Gasteiger partial charge on any atom is 0.334 e. The van der Waals surface area contributed by atoms with E-state index in [2.05, 4.69) is 6.58 Å². The van der Waals surface area contributed by atoms with Gasteiger partial charge in [0.25, 0.3) is 0 Å². The molecule has 0 aromatic heterocycles. The molecule has 2 aliphatic carbocycles. The Balaban J connectivity index is 1.75. The van der Waals surface area contributed by atoms with Crippen molar-refractivity contribution in [3.8, 4) is 0 Å². The quantitative estimate of drug-likeness (QED) is 0.358. The zero-order valence-corrected chi connectivity index (χ0v) is 15.3. The van der Waals surface area contributed by atoms with Gasteiger partial charge in [-0.25, -0.2) is 9.59 Å². The van der Waals surface area contributed by atoms with Gasteiger partial charge in [-0.3, -0.25) is 0 Å². The first kappa shape index (κ1) is 17.5. The summed E-state index contributed by atoms with van der Waals surface area (Å²) in [6.45, 7) is 9.28. The second-order valence-electron chi connectivity index (χ2n) is 7.80. The van der Waals surface area contributed by atoms with Gasteiger partial charge in [0.2, 0.25) is 0 Å². The molecule has 0 spiro atoms. The lowest BCUT2D eigenvalue weighted by molar-refractivity contribution is -0.149. The molecule has 4 aliphatic rings. The van der Waals surface area contributed by atoms with E-state index in [1.807, 2.05) is 6.92 Å². The number of hydrogen-bond acceptors (Lipinski definition) is 6. The van der Waals surface area contributed by atoms with Gasteiger partial charge in [0.15, 0.2) is 0 Å². The van der Waals surface area contributed by atoms with Crippen molar-refractivity contribution in [2.75, 3.05) is 6.61 Å². The highest BCUT2D eigenvalue weighted by atomic mass is 16.6. The molecule has 6 heteroatoms. The number of esters is 2. The minimum Gasteiger partial charge on any atom is -0.458 e. The summed E-state index contributed by atoms with van der Waals surface area (Å²) in [6.07, 6.45) is 1.81. The van der Waals surface area contributed by atoms with Crippen LogP contribution in [0.15, 0.2) is 34.9 Å². The molecule has 4 rings (SSSR count). The molecule has 0 aromatic rings. The molecule has 6 atom stereocenters. The molecule has 3 fully saturated rings. The van der Waals surface area contributed by atoms with Gasteiger partial charge in [-0.15, -0.1) is 0 Å². The number of rotatable bonds is 3. The second kappa shape index (κ2) is 5.79. The lowest BCUT2D eigenvalue weighted by atomic mass is 9.80. The van der Waals surface area contributed by atoms with Crippen molar-refractivity contribution >= 4 is 11.9 Å². The summed E-state index contributed by atoms with van der Waals surface area (Å²) in [6, 6.07) is 0. The Morgan fingerprint density at radius 1 is 1.46 bits per heavy atom. The van der Waals surface area contributed by atoms with Crippen LogP contribution in [0, 0.1) is 11.8 Å². The first-order chi connectivity index (χ1) is 12.3. The summed E-state index contributed by atoms with van der Waals surface area (Å²) in [5.41, 5.74) is 2.39. The zero-order valence-electron chi connectivity index (χ0n) is 15.3. The first-order valence-corrected chi connectivity index (χ1v) is 9.05. The third-order valence-corrected chi connectivity index (χ3v) is 6.47. The molecule has 2 aliphatic heterocycles. The average Bonchev–Trinajstić information content (AvgIpc) is 3.09. The molecule has 1 saturated carbocycles. The summed E-state index contributed by atoms with van der Waals surface area (Å²) >= 11 is 0. The zero-order chi connectivity index (χ0) is 18.8. The number of epoxide rings is 1. The molecule has 0 aromatic carbocycles. The fourth-order valence-electron chi connectivity index (χ4n) is 4.80. The Morgan fingerprint density at radius 3 is 2.85 bits per heavy atom. The van der Waals surface area contributed by atoms with Gasteiger partial charge in [-0.1, -0.05) is 18.2 Å². The van der Waals surface area contributed by atoms with Crippen molar-refractivity contribution in [2.24, 2.45) is 11.8 Å². The number of carbonyl (C=O) groups is 2. The molecule has 2 saturated heterocycles. The molecule has 0 amide bonds. The van der Waals surface area contributed by atoms with Crippen molar-refractivity contribution < 1.29 is 28.9 Å². The SMILES string of the molecule is C=C1C(=O)O[C@H]2C1[C@H](OC(=O)/C(C)=C\C)CC(CO)=C1C[C@H]3O[C@@]3(C)C12. The van der Waals surface area contributed by atoms with Crippen LogP contribution in [0.25, 0.3) is 0 Å². The van der Waals surface area contributed by atoms with Gasteiger partial charge in [0, 0.05) is 23.5 Å². The number of aliphatic hydroxyl groups is 1. The summed E-state index contributed by atoms with van der Waals surface area (Å²) in [7, 11) is 0. The van der Waals surface area contributed by atoms with E-state index in [0.29, 0.717) is 17.6 Å². The van der Waals surface area contributed by atoms with Gasteiger partial charge in [0.1, 0.15) is 17.8 Å². The summed E-state index contributed by atoms with van der Waals surface area (Å²) in [5, 5.41) is 9.96. The molecule has 2 heterocycles. The van der Waals surface area contributed by atoms with Gasteiger partial charge < -0.3 is 19.3 Å². The Hall–Kier alpha value is -1.92. The number of carbonyl (C=O) groups excluding carboxylic acids is 2. The maximum atomic E-state index is 12.4. The van der Waals surface area contributed by atoms with Crippen LogP contribution in [0.4, 0.5) is 0 Å². The molecule has 6 nitrogen and oxygen atoms in total. The normalized spacial score (nSPS) is 41.2. The molecule has 0 radical (unpaired) electrons. The first-order valence-electron chi connectivity index (χ1n) is 9.05. The van der Waals surface area contributed by atoms with E-state index in [1.165, 1.54) is 0 Å². The average molecular weight is 360 g/mol. The summed E-state index contributed by atoms with van der Waals surface area (Å²) < 4.78 is 17.3. The predicted octanol–water partition coefficient (Wildman–Crippen LogP) is 1.83. The fraction of sp³-hybridized carbons (Fsp3) is 0.600. The maximum absolute atomic E-state index is 12.4. The van der Waals surface area contributed by atoms with Crippen molar-refractivity contribution in [2.45, 2.75) is 57.5 Å².